The first-order valence-electron chi connectivity index (χ1n) is 5.82. The van der Waals surface area contributed by atoms with Crippen LogP contribution < -0.4 is 0 Å². The fourth-order valence-electron chi connectivity index (χ4n) is 2.55. The van der Waals surface area contributed by atoms with E-state index in [-0.39, 0.29) is 19.3 Å². The van der Waals surface area contributed by atoms with Gasteiger partial charge in [0, 0.05) is 11.3 Å². The van der Waals surface area contributed by atoms with Gasteiger partial charge in [0.25, 0.3) is 0 Å². The first-order valence-corrected chi connectivity index (χ1v) is 7.01. The Morgan fingerprint density at radius 1 is 1.44 bits per heavy atom. The Balaban J connectivity index is 2.06. The van der Waals surface area contributed by atoms with Crippen molar-refractivity contribution in [3.63, 3.8) is 0 Å². The molecular formula is C12H14ClF3OS. The largest absolute Gasteiger partial charge is 0.391 e. The molecule has 6 heteroatoms. The first-order chi connectivity index (χ1) is 8.28. The molecule has 1 nitrogen and oxygen atoms in total. The minimum absolute atomic E-state index is 0.122. The van der Waals surface area contributed by atoms with E-state index < -0.39 is 17.7 Å². The Hall–Kier alpha value is -0.260. The Kier molecular flexibility index (Phi) is 3.95. The molecule has 1 aromatic rings. The van der Waals surface area contributed by atoms with Gasteiger partial charge >= 0.3 is 6.18 Å². The van der Waals surface area contributed by atoms with Crippen LogP contribution in [0.3, 0.4) is 0 Å². The van der Waals surface area contributed by atoms with Gasteiger partial charge in [0.05, 0.1) is 15.9 Å². The molecule has 1 saturated carbocycles. The van der Waals surface area contributed by atoms with Crippen LogP contribution in [0.15, 0.2) is 12.1 Å². The molecule has 0 bridgehead atoms. The third-order valence-electron chi connectivity index (χ3n) is 3.42. The highest BCUT2D eigenvalue weighted by Gasteiger charge is 2.46. The Morgan fingerprint density at radius 3 is 2.72 bits per heavy atom. The number of thiophene rings is 1. The van der Waals surface area contributed by atoms with E-state index in [1.807, 2.05) is 0 Å². The summed E-state index contributed by atoms with van der Waals surface area (Å²) in [7, 11) is 0. The van der Waals surface area contributed by atoms with Crippen LogP contribution in [-0.4, -0.2) is 16.9 Å². The third kappa shape index (κ3) is 3.39. The van der Waals surface area contributed by atoms with Crippen molar-refractivity contribution >= 4 is 22.9 Å². The summed E-state index contributed by atoms with van der Waals surface area (Å²) >= 11 is 7.09. The van der Waals surface area contributed by atoms with Crippen molar-refractivity contribution in [2.45, 2.75) is 43.9 Å². The monoisotopic (exact) mass is 298 g/mol. The molecule has 2 rings (SSSR count). The minimum Gasteiger partial charge on any atom is -0.389 e. The van der Waals surface area contributed by atoms with Gasteiger partial charge in [0.2, 0.25) is 0 Å². The molecule has 2 atom stereocenters. The topological polar surface area (TPSA) is 20.2 Å². The van der Waals surface area contributed by atoms with Crippen molar-refractivity contribution < 1.29 is 18.3 Å². The summed E-state index contributed by atoms with van der Waals surface area (Å²) in [6.07, 6.45) is -3.18. The quantitative estimate of drug-likeness (QED) is 0.856. The zero-order valence-corrected chi connectivity index (χ0v) is 11.2. The van der Waals surface area contributed by atoms with Gasteiger partial charge in [-0.1, -0.05) is 11.6 Å². The van der Waals surface area contributed by atoms with Crippen LogP contribution in [0.2, 0.25) is 4.34 Å². The van der Waals surface area contributed by atoms with Gasteiger partial charge in [-0.3, -0.25) is 0 Å². The Morgan fingerprint density at radius 2 is 2.17 bits per heavy atom. The highest BCUT2D eigenvalue weighted by molar-refractivity contribution is 7.16. The standard InChI is InChI=1S/C12H14ClF3OS/c13-10-4-3-9(18-10)7-11(17)5-1-2-8(6-11)12(14,15)16/h3-4,8,17H,1-2,5-7H2. The lowest BCUT2D eigenvalue weighted by atomic mass is 9.76. The number of aliphatic hydroxyl groups is 1. The molecule has 0 amide bonds. The highest BCUT2D eigenvalue weighted by Crippen LogP contribution is 2.43. The summed E-state index contributed by atoms with van der Waals surface area (Å²) in [6.45, 7) is 0. The zero-order chi connectivity index (χ0) is 13.4. The number of halogens is 4. The van der Waals surface area contributed by atoms with Crippen LogP contribution in [0.1, 0.15) is 30.6 Å². The molecule has 0 spiro atoms. The Bertz CT molecular complexity index is 418. The van der Waals surface area contributed by atoms with E-state index in [4.69, 9.17) is 11.6 Å². The second kappa shape index (κ2) is 5.02. The molecule has 1 fully saturated rings. The molecule has 1 aliphatic rings. The smallest absolute Gasteiger partial charge is 0.389 e. The maximum atomic E-state index is 12.7. The maximum absolute atomic E-state index is 12.7. The normalized spacial score (nSPS) is 29.5. The molecule has 0 saturated heterocycles. The molecule has 1 aliphatic carbocycles. The number of hydrogen-bond donors (Lipinski definition) is 1. The van der Waals surface area contributed by atoms with E-state index in [1.165, 1.54) is 11.3 Å². The van der Waals surface area contributed by atoms with Crippen molar-refractivity contribution in [2.75, 3.05) is 0 Å². The molecule has 1 N–H and O–H groups in total. The van der Waals surface area contributed by atoms with Crippen molar-refractivity contribution in [1.29, 1.82) is 0 Å². The van der Waals surface area contributed by atoms with Crippen LogP contribution in [-0.2, 0) is 6.42 Å². The van der Waals surface area contributed by atoms with Crippen molar-refractivity contribution in [3.05, 3.63) is 21.3 Å². The molecule has 18 heavy (non-hydrogen) atoms. The molecule has 102 valence electrons. The summed E-state index contributed by atoms with van der Waals surface area (Å²) in [5, 5.41) is 10.3. The van der Waals surface area contributed by atoms with E-state index in [9.17, 15) is 18.3 Å². The summed E-state index contributed by atoms with van der Waals surface area (Å²) in [5.41, 5.74) is -1.24. The van der Waals surface area contributed by atoms with Crippen molar-refractivity contribution in [1.82, 2.24) is 0 Å². The first kappa shape index (κ1) is 14.2. The lowest BCUT2D eigenvalue weighted by Crippen LogP contribution is -2.41. The summed E-state index contributed by atoms with van der Waals surface area (Å²) in [5.74, 6) is -1.38. The van der Waals surface area contributed by atoms with Gasteiger partial charge in [0.15, 0.2) is 0 Å². The average molecular weight is 299 g/mol. The lowest BCUT2D eigenvalue weighted by molar-refractivity contribution is -0.200. The molecular weight excluding hydrogens is 285 g/mol. The Labute approximate surface area is 113 Å². The fraction of sp³-hybridized carbons (Fsp3) is 0.667. The van der Waals surface area contributed by atoms with Crippen molar-refractivity contribution in [3.8, 4) is 0 Å². The van der Waals surface area contributed by atoms with Gasteiger partial charge in [-0.05, 0) is 37.8 Å². The SMILES string of the molecule is OC1(Cc2ccc(Cl)s2)CCCC(C(F)(F)F)C1. The molecule has 0 aliphatic heterocycles. The van der Waals surface area contributed by atoms with E-state index in [0.29, 0.717) is 17.2 Å². The molecule has 0 radical (unpaired) electrons. The predicted molar refractivity (Wildman–Crippen MR) is 66.0 cm³/mol. The lowest BCUT2D eigenvalue weighted by Gasteiger charge is -2.37. The molecule has 0 aromatic carbocycles. The second-order valence-electron chi connectivity index (χ2n) is 4.94. The second-order valence-corrected chi connectivity index (χ2v) is 6.74. The van der Waals surface area contributed by atoms with Gasteiger partial charge < -0.3 is 5.11 Å². The van der Waals surface area contributed by atoms with E-state index in [2.05, 4.69) is 0 Å². The van der Waals surface area contributed by atoms with Crippen LogP contribution in [0.5, 0.6) is 0 Å². The zero-order valence-electron chi connectivity index (χ0n) is 9.63. The van der Waals surface area contributed by atoms with Crippen LogP contribution in [0.4, 0.5) is 13.2 Å². The maximum Gasteiger partial charge on any atom is 0.391 e. The summed E-state index contributed by atoms with van der Waals surface area (Å²) in [4.78, 5) is 0.838. The van der Waals surface area contributed by atoms with Crippen LogP contribution in [0, 0.1) is 5.92 Å². The number of rotatable bonds is 2. The van der Waals surface area contributed by atoms with Crippen LogP contribution >= 0.6 is 22.9 Å². The summed E-state index contributed by atoms with van der Waals surface area (Å²) < 4.78 is 38.7. The number of alkyl halides is 3. The van der Waals surface area contributed by atoms with Crippen molar-refractivity contribution in [2.24, 2.45) is 5.92 Å². The predicted octanol–water partition coefficient (Wildman–Crippen LogP) is 4.43. The van der Waals surface area contributed by atoms with Gasteiger partial charge in [-0.25, -0.2) is 0 Å². The van der Waals surface area contributed by atoms with E-state index >= 15 is 0 Å². The van der Waals surface area contributed by atoms with Crippen LogP contribution in [0.25, 0.3) is 0 Å². The van der Waals surface area contributed by atoms with Gasteiger partial charge in [-0.15, -0.1) is 11.3 Å². The van der Waals surface area contributed by atoms with E-state index in [0.717, 1.165) is 4.88 Å². The van der Waals surface area contributed by atoms with Gasteiger partial charge in [0.1, 0.15) is 0 Å². The van der Waals surface area contributed by atoms with E-state index in [1.54, 1.807) is 12.1 Å². The third-order valence-corrected chi connectivity index (χ3v) is 4.65. The fourth-order valence-corrected chi connectivity index (χ4v) is 3.78. The van der Waals surface area contributed by atoms with Gasteiger partial charge in [-0.2, -0.15) is 13.2 Å². The average Bonchev–Trinajstić information content (AvgIpc) is 2.62. The minimum atomic E-state index is -4.21. The molecule has 2 unspecified atom stereocenters. The summed E-state index contributed by atoms with van der Waals surface area (Å²) in [6, 6.07) is 3.47. The molecule has 1 aromatic heterocycles. The number of hydrogen-bond acceptors (Lipinski definition) is 2. The highest BCUT2D eigenvalue weighted by atomic mass is 35.5. The molecule has 1 heterocycles.